The number of anilines is 2. The highest BCUT2D eigenvalue weighted by molar-refractivity contribution is 7.14. The van der Waals surface area contributed by atoms with E-state index in [2.05, 4.69) is 53.5 Å². The van der Waals surface area contributed by atoms with Gasteiger partial charge in [0.25, 0.3) is 0 Å². The topological polar surface area (TPSA) is 66.9 Å². The number of nitrogens with one attached hydrogen (secondary N) is 2. The molecule has 2 N–H and O–H groups in total. The molecule has 0 radical (unpaired) electrons. The Morgan fingerprint density at radius 2 is 1.71 bits per heavy atom. The molecule has 1 aromatic carbocycles. The molecule has 2 aromatic heterocycles. The number of nitrogens with zero attached hydrogens (tertiary/aromatic N) is 2. The van der Waals surface area contributed by atoms with E-state index >= 15 is 0 Å². The fraction of sp³-hybridized carbons (Fsp3) is 0.167. The molecule has 122 valence electrons. The molecule has 5 nitrogen and oxygen atoms in total. The fourth-order valence-electron chi connectivity index (χ4n) is 2.72. The minimum absolute atomic E-state index is 0.320. The van der Waals surface area contributed by atoms with Crippen molar-refractivity contribution < 1.29 is 4.79 Å². The van der Waals surface area contributed by atoms with Crippen LogP contribution >= 0.6 is 11.3 Å². The standard InChI is InChI=1S/C18H18N4OS/c1-11-8-12(2)16(13(3)9-11)15-10-24-18(21-15)22-17(23)20-14-4-6-19-7-5-14/h4-10H,1-3H3,(H2,19,20,21,22,23). The average Bonchev–Trinajstić information content (AvgIpc) is 2.95. The highest BCUT2D eigenvalue weighted by atomic mass is 32.1. The molecule has 0 spiro atoms. The Hall–Kier alpha value is -2.73. The zero-order valence-electron chi connectivity index (χ0n) is 13.8. The van der Waals surface area contributed by atoms with Gasteiger partial charge in [0.15, 0.2) is 5.13 Å². The Kier molecular flexibility index (Phi) is 4.57. The maximum absolute atomic E-state index is 12.0. The van der Waals surface area contributed by atoms with Crippen molar-refractivity contribution in [2.75, 3.05) is 10.6 Å². The van der Waals surface area contributed by atoms with Crippen molar-refractivity contribution in [3.8, 4) is 11.3 Å². The molecule has 24 heavy (non-hydrogen) atoms. The van der Waals surface area contributed by atoms with Gasteiger partial charge in [0.05, 0.1) is 5.69 Å². The van der Waals surface area contributed by atoms with Crippen molar-refractivity contribution in [1.29, 1.82) is 0 Å². The third-order valence-electron chi connectivity index (χ3n) is 3.60. The van der Waals surface area contributed by atoms with Crippen LogP contribution in [0.4, 0.5) is 15.6 Å². The number of carbonyl (C=O) groups is 1. The van der Waals surface area contributed by atoms with Crippen molar-refractivity contribution in [1.82, 2.24) is 9.97 Å². The van der Waals surface area contributed by atoms with Crippen LogP contribution < -0.4 is 10.6 Å². The molecule has 3 aromatic rings. The second-order valence-corrected chi connectivity index (χ2v) is 6.48. The van der Waals surface area contributed by atoms with Gasteiger partial charge in [-0.3, -0.25) is 10.3 Å². The normalized spacial score (nSPS) is 10.5. The summed E-state index contributed by atoms with van der Waals surface area (Å²) in [5.41, 5.74) is 6.30. The summed E-state index contributed by atoms with van der Waals surface area (Å²) in [6.07, 6.45) is 3.25. The van der Waals surface area contributed by atoms with Crippen molar-refractivity contribution in [2.45, 2.75) is 20.8 Å². The van der Waals surface area contributed by atoms with Crippen LogP contribution in [0.3, 0.4) is 0 Å². The smallest absolute Gasteiger partial charge is 0.308 e. The Bertz CT molecular complexity index is 851. The summed E-state index contributed by atoms with van der Waals surface area (Å²) < 4.78 is 0. The first-order valence-corrected chi connectivity index (χ1v) is 8.42. The second kappa shape index (κ2) is 6.80. The Morgan fingerprint density at radius 1 is 1.04 bits per heavy atom. The van der Waals surface area contributed by atoms with Crippen molar-refractivity contribution >= 4 is 28.2 Å². The monoisotopic (exact) mass is 338 g/mol. The lowest BCUT2D eigenvalue weighted by Crippen LogP contribution is -2.19. The number of thiazole rings is 1. The molecule has 0 bridgehead atoms. The SMILES string of the molecule is Cc1cc(C)c(-c2csc(NC(=O)Nc3ccncc3)n2)c(C)c1. The van der Waals surface area contributed by atoms with Crippen LogP contribution in [0.2, 0.25) is 0 Å². The van der Waals surface area contributed by atoms with Gasteiger partial charge in [-0.2, -0.15) is 0 Å². The second-order valence-electron chi connectivity index (χ2n) is 5.63. The van der Waals surface area contributed by atoms with Gasteiger partial charge in [-0.25, -0.2) is 9.78 Å². The predicted octanol–water partition coefficient (Wildman–Crippen LogP) is 4.77. The van der Waals surface area contributed by atoms with Crippen LogP contribution in [0.5, 0.6) is 0 Å². The van der Waals surface area contributed by atoms with E-state index < -0.39 is 0 Å². The molecule has 0 aliphatic heterocycles. The number of pyridine rings is 1. The fourth-order valence-corrected chi connectivity index (χ4v) is 3.42. The number of carbonyl (C=O) groups excluding carboxylic acids is 1. The molecular formula is C18H18N4OS. The maximum Gasteiger partial charge on any atom is 0.325 e. The molecule has 0 aliphatic rings. The summed E-state index contributed by atoms with van der Waals surface area (Å²) in [7, 11) is 0. The Morgan fingerprint density at radius 3 is 2.38 bits per heavy atom. The molecule has 0 unspecified atom stereocenters. The van der Waals surface area contributed by atoms with E-state index in [0.717, 1.165) is 11.3 Å². The Balaban J connectivity index is 1.76. The maximum atomic E-state index is 12.0. The van der Waals surface area contributed by atoms with E-state index in [1.165, 1.54) is 28.0 Å². The van der Waals surface area contributed by atoms with Crippen molar-refractivity contribution in [3.05, 3.63) is 58.7 Å². The molecule has 0 saturated carbocycles. The zero-order chi connectivity index (χ0) is 17.1. The van der Waals surface area contributed by atoms with Crippen LogP contribution in [0.15, 0.2) is 42.0 Å². The largest absolute Gasteiger partial charge is 0.325 e. The number of hydrogen-bond donors (Lipinski definition) is 2. The number of aromatic nitrogens is 2. The lowest BCUT2D eigenvalue weighted by Gasteiger charge is -2.09. The quantitative estimate of drug-likeness (QED) is 0.722. The van der Waals surface area contributed by atoms with Crippen LogP contribution in [0.25, 0.3) is 11.3 Å². The number of amides is 2. The molecule has 0 fully saturated rings. The van der Waals surface area contributed by atoms with Crippen LogP contribution in [-0.2, 0) is 0 Å². The van der Waals surface area contributed by atoms with Gasteiger partial charge >= 0.3 is 6.03 Å². The van der Waals surface area contributed by atoms with Crippen LogP contribution in [0, 0.1) is 20.8 Å². The third kappa shape index (κ3) is 3.60. The highest BCUT2D eigenvalue weighted by Gasteiger charge is 2.12. The summed E-state index contributed by atoms with van der Waals surface area (Å²) >= 11 is 1.41. The van der Waals surface area contributed by atoms with Gasteiger partial charge in [-0.15, -0.1) is 11.3 Å². The van der Waals surface area contributed by atoms with Gasteiger partial charge in [0, 0.05) is 29.0 Å². The van der Waals surface area contributed by atoms with E-state index in [-0.39, 0.29) is 6.03 Å². The first-order valence-electron chi connectivity index (χ1n) is 7.54. The van der Waals surface area contributed by atoms with Crippen molar-refractivity contribution in [3.63, 3.8) is 0 Å². The van der Waals surface area contributed by atoms with Gasteiger partial charge < -0.3 is 5.32 Å². The molecule has 3 rings (SSSR count). The molecule has 0 atom stereocenters. The molecular weight excluding hydrogens is 320 g/mol. The van der Waals surface area contributed by atoms with Crippen molar-refractivity contribution in [2.24, 2.45) is 0 Å². The molecule has 0 aliphatic carbocycles. The summed E-state index contributed by atoms with van der Waals surface area (Å²) in [4.78, 5) is 20.5. The summed E-state index contributed by atoms with van der Waals surface area (Å²) in [5, 5.41) is 8.04. The molecule has 2 heterocycles. The van der Waals surface area contributed by atoms with E-state index in [1.54, 1.807) is 24.5 Å². The highest BCUT2D eigenvalue weighted by Crippen LogP contribution is 2.31. The number of rotatable bonds is 3. The average molecular weight is 338 g/mol. The number of benzene rings is 1. The first-order chi connectivity index (χ1) is 11.5. The van der Waals surface area contributed by atoms with Gasteiger partial charge in [0.2, 0.25) is 0 Å². The van der Waals surface area contributed by atoms with E-state index in [9.17, 15) is 4.79 Å². The molecule has 0 saturated heterocycles. The minimum Gasteiger partial charge on any atom is -0.308 e. The van der Waals surface area contributed by atoms with E-state index in [1.807, 2.05) is 5.38 Å². The van der Waals surface area contributed by atoms with E-state index in [4.69, 9.17) is 0 Å². The summed E-state index contributed by atoms with van der Waals surface area (Å²) in [6.45, 7) is 6.25. The van der Waals surface area contributed by atoms with Crippen LogP contribution in [-0.4, -0.2) is 16.0 Å². The third-order valence-corrected chi connectivity index (χ3v) is 4.35. The number of urea groups is 1. The van der Waals surface area contributed by atoms with Crippen LogP contribution in [0.1, 0.15) is 16.7 Å². The van der Waals surface area contributed by atoms with Gasteiger partial charge in [-0.1, -0.05) is 17.7 Å². The van der Waals surface area contributed by atoms with Gasteiger partial charge in [-0.05, 0) is 44.0 Å². The Labute approximate surface area is 144 Å². The summed E-state index contributed by atoms with van der Waals surface area (Å²) in [5.74, 6) is 0. The lowest BCUT2D eigenvalue weighted by molar-refractivity contribution is 0.262. The molecule has 6 heteroatoms. The summed E-state index contributed by atoms with van der Waals surface area (Å²) in [6, 6.07) is 7.42. The number of aryl methyl sites for hydroxylation is 3. The zero-order valence-corrected chi connectivity index (χ0v) is 14.6. The number of hydrogen-bond acceptors (Lipinski definition) is 4. The first kappa shape index (κ1) is 16.1. The van der Waals surface area contributed by atoms with Gasteiger partial charge in [0.1, 0.15) is 0 Å². The minimum atomic E-state index is -0.320. The van der Waals surface area contributed by atoms with E-state index in [0.29, 0.717) is 10.8 Å². The molecule has 2 amide bonds. The lowest BCUT2D eigenvalue weighted by atomic mass is 9.98. The predicted molar refractivity (Wildman–Crippen MR) is 98.6 cm³/mol.